The van der Waals surface area contributed by atoms with Crippen LogP contribution >= 0.6 is 0 Å². The van der Waals surface area contributed by atoms with Crippen molar-refractivity contribution in [2.24, 2.45) is 10.2 Å². The van der Waals surface area contributed by atoms with Crippen LogP contribution in [0.15, 0.2) is 57.8 Å². The Labute approximate surface area is 144 Å². The minimum absolute atomic E-state index is 0.0113. The number of H-pyrrole nitrogens is 1. The molecule has 2 aromatic heterocycles. The van der Waals surface area contributed by atoms with E-state index in [1.165, 1.54) is 24.5 Å². The molecular weight excluding hydrogens is 342 g/mol. The number of rotatable bonds is 5. The van der Waals surface area contributed by atoms with Gasteiger partial charge in [0.2, 0.25) is 5.95 Å². The topological polar surface area (TPSA) is 125 Å². The zero-order valence-corrected chi connectivity index (χ0v) is 14.3. The number of benzene rings is 1. The summed E-state index contributed by atoms with van der Waals surface area (Å²) in [5.74, 6) is 0.0113. The van der Waals surface area contributed by atoms with E-state index in [4.69, 9.17) is 0 Å². The second-order valence-electron chi connectivity index (χ2n) is 5.15. The number of aromatic amines is 1. The zero-order valence-electron chi connectivity index (χ0n) is 13.5. The van der Waals surface area contributed by atoms with Crippen LogP contribution in [0.5, 0.6) is 0 Å². The van der Waals surface area contributed by atoms with Gasteiger partial charge in [-0.25, -0.2) is 23.1 Å². The molecule has 0 aliphatic rings. The summed E-state index contributed by atoms with van der Waals surface area (Å²) >= 11 is 0. The summed E-state index contributed by atoms with van der Waals surface area (Å²) in [6.07, 6.45) is 2.91. The largest absolute Gasteiger partial charge is 0.280 e. The number of azo groups is 1. The minimum atomic E-state index is -3.76. The van der Waals surface area contributed by atoms with E-state index in [1.54, 1.807) is 18.2 Å². The lowest BCUT2D eigenvalue weighted by molar-refractivity contribution is 0.601. The average molecular weight is 357 g/mol. The van der Waals surface area contributed by atoms with Crippen molar-refractivity contribution >= 4 is 27.3 Å². The van der Waals surface area contributed by atoms with Crippen molar-refractivity contribution in [3.8, 4) is 0 Å². The van der Waals surface area contributed by atoms with E-state index in [2.05, 4.69) is 35.1 Å². The van der Waals surface area contributed by atoms with Gasteiger partial charge < -0.3 is 0 Å². The van der Waals surface area contributed by atoms with E-state index in [9.17, 15) is 8.42 Å². The van der Waals surface area contributed by atoms with Crippen molar-refractivity contribution in [1.82, 2.24) is 20.2 Å². The third kappa shape index (κ3) is 3.86. The highest BCUT2D eigenvalue weighted by Gasteiger charge is 2.15. The second-order valence-corrected chi connectivity index (χ2v) is 6.84. The molecule has 2 heterocycles. The van der Waals surface area contributed by atoms with E-state index in [1.807, 2.05) is 13.8 Å². The molecule has 0 aliphatic heterocycles. The van der Waals surface area contributed by atoms with Crippen molar-refractivity contribution in [3.05, 3.63) is 54.1 Å². The van der Waals surface area contributed by atoms with Gasteiger partial charge in [-0.2, -0.15) is 10.2 Å². The first-order valence-electron chi connectivity index (χ1n) is 7.29. The van der Waals surface area contributed by atoms with Crippen molar-refractivity contribution in [2.45, 2.75) is 18.7 Å². The molecule has 1 aromatic carbocycles. The number of nitrogens with zero attached hydrogens (tertiary/aromatic N) is 5. The molecule has 0 saturated carbocycles. The molecule has 3 aromatic rings. The molecule has 0 bridgehead atoms. The van der Waals surface area contributed by atoms with Gasteiger partial charge in [-0.1, -0.05) is 0 Å². The Morgan fingerprint density at radius 2 is 1.72 bits per heavy atom. The summed E-state index contributed by atoms with van der Waals surface area (Å²) in [7, 11) is -3.76. The van der Waals surface area contributed by atoms with E-state index in [-0.39, 0.29) is 10.8 Å². The van der Waals surface area contributed by atoms with Gasteiger partial charge in [0.05, 0.1) is 22.0 Å². The summed E-state index contributed by atoms with van der Waals surface area (Å²) in [6.45, 7) is 3.67. The fraction of sp³-hybridized carbons (Fsp3) is 0.133. The van der Waals surface area contributed by atoms with Gasteiger partial charge in [-0.3, -0.25) is 5.10 Å². The number of aryl methyl sites for hydroxylation is 2. The maximum Gasteiger partial charge on any atom is 0.264 e. The zero-order chi connectivity index (χ0) is 17.9. The molecule has 0 fully saturated rings. The predicted octanol–water partition coefficient (Wildman–Crippen LogP) is 3.03. The molecule has 2 N–H and O–H groups in total. The number of sulfonamides is 1. The van der Waals surface area contributed by atoms with Gasteiger partial charge in [0.1, 0.15) is 5.69 Å². The Balaban J connectivity index is 1.78. The fourth-order valence-corrected chi connectivity index (χ4v) is 2.98. The number of anilines is 1. The van der Waals surface area contributed by atoms with Crippen LogP contribution in [0.4, 0.5) is 17.3 Å². The van der Waals surface area contributed by atoms with Crippen molar-refractivity contribution in [2.75, 3.05) is 4.72 Å². The lowest BCUT2D eigenvalue weighted by Crippen LogP contribution is -2.14. The van der Waals surface area contributed by atoms with E-state index < -0.39 is 10.0 Å². The lowest BCUT2D eigenvalue weighted by atomic mass is 10.3. The highest BCUT2D eigenvalue weighted by Crippen LogP contribution is 2.24. The lowest BCUT2D eigenvalue weighted by Gasteiger charge is -2.06. The maximum atomic E-state index is 12.3. The summed E-state index contributed by atoms with van der Waals surface area (Å²) in [4.78, 5) is 7.75. The molecule has 0 spiro atoms. The molecule has 0 amide bonds. The molecule has 9 nitrogen and oxygen atoms in total. The van der Waals surface area contributed by atoms with E-state index >= 15 is 0 Å². The monoisotopic (exact) mass is 357 g/mol. The minimum Gasteiger partial charge on any atom is -0.280 e. The fourth-order valence-electron chi connectivity index (χ4n) is 2.02. The summed E-state index contributed by atoms with van der Waals surface area (Å²) in [5.41, 5.74) is 2.74. The van der Waals surface area contributed by atoms with E-state index in [0.717, 1.165) is 11.4 Å². The molecular formula is C15H15N7O2S. The van der Waals surface area contributed by atoms with Crippen molar-refractivity contribution in [3.63, 3.8) is 0 Å². The molecule has 0 saturated heterocycles. The molecule has 3 rings (SSSR count). The Hall–Kier alpha value is -3.14. The number of hydrogen-bond acceptors (Lipinski definition) is 7. The quantitative estimate of drug-likeness (QED) is 0.679. The first-order chi connectivity index (χ1) is 12.0. The Morgan fingerprint density at radius 1 is 1.04 bits per heavy atom. The molecule has 0 radical (unpaired) electrons. The first kappa shape index (κ1) is 16.7. The summed E-state index contributed by atoms with van der Waals surface area (Å²) in [6, 6.07) is 7.60. The SMILES string of the molecule is Cc1n[nH]c(C)c1N=Nc1ccc(S(=O)(=O)Nc2ncccn2)cc1. The normalized spacial score (nSPS) is 11.8. The van der Waals surface area contributed by atoms with Crippen LogP contribution in [0.3, 0.4) is 0 Å². The van der Waals surface area contributed by atoms with Gasteiger partial charge in [0.25, 0.3) is 10.0 Å². The van der Waals surface area contributed by atoms with Crippen LogP contribution in [-0.2, 0) is 10.0 Å². The molecule has 0 aliphatic carbocycles. The summed E-state index contributed by atoms with van der Waals surface area (Å²) in [5, 5.41) is 15.1. The van der Waals surface area contributed by atoms with Crippen LogP contribution in [0.2, 0.25) is 0 Å². The van der Waals surface area contributed by atoms with Gasteiger partial charge in [0, 0.05) is 12.4 Å². The predicted molar refractivity (Wildman–Crippen MR) is 91.5 cm³/mol. The smallest absolute Gasteiger partial charge is 0.264 e. The molecule has 0 atom stereocenters. The molecule has 128 valence electrons. The van der Waals surface area contributed by atoms with Crippen molar-refractivity contribution in [1.29, 1.82) is 0 Å². The van der Waals surface area contributed by atoms with Crippen LogP contribution < -0.4 is 4.72 Å². The van der Waals surface area contributed by atoms with Crippen molar-refractivity contribution < 1.29 is 8.42 Å². The third-order valence-electron chi connectivity index (χ3n) is 3.29. The average Bonchev–Trinajstić information content (AvgIpc) is 2.92. The van der Waals surface area contributed by atoms with E-state index in [0.29, 0.717) is 11.4 Å². The Bertz CT molecular complexity index is 977. The highest BCUT2D eigenvalue weighted by atomic mass is 32.2. The molecule has 10 heteroatoms. The maximum absolute atomic E-state index is 12.3. The Morgan fingerprint density at radius 3 is 2.32 bits per heavy atom. The molecule has 25 heavy (non-hydrogen) atoms. The van der Waals surface area contributed by atoms with Gasteiger partial charge >= 0.3 is 0 Å². The van der Waals surface area contributed by atoms with Gasteiger partial charge in [-0.15, -0.1) is 5.11 Å². The number of nitrogens with one attached hydrogen (secondary N) is 2. The van der Waals surface area contributed by atoms with Crippen LogP contribution in [0.1, 0.15) is 11.4 Å². The third-order valence-corrected chi connectivity index (χ3v) is 4.64. The van der Waals surface area contributed by atoms with Gasteiger partial charge in [0.15, 0.2) is 0 Å². The standard InChI is InChI=1S/C15H15N7O2S/c1-10-14(11(2)19-18-10)21-20-12-4-6-13(7-5-12)25(23,24)22-15-16-8-3-9-17-15/h3-9H,1-2H3,(H,18,19)(H,16,17,22). The number of aromatic nitrogens is 4. The Kier molecular flexibility index (Phi) is 4.52. The van der Waals surface area contributed by atoms with Crippen LogP contribution in [0, 0.1) is 13.8 Å². The second kappa shape index (κ2) is 6.77. The van der Waals surface area contributed by atoms with Crippen LogP contribution in [0.25, 0.3) is 0 Å². The van der Waals surface area contributed by atoms with Crippen LogP contribution in [-0.4, -0.2) is 28.6 Å². The summed E-state index contributed by atoms with van der Waals surface area (Å²) < 4.78 is 26.9. The highest BCUT2D eigenvalue weighted by molar-refractivity contribution is 7.92. The van der Waals surface area contributed by atoms with Gasteiger partial charge in [-0.05, 0) is 44.2 Å². The number of hydrogen-bond donors (Lipinski definition) is 2. The first-order valence-corrected chi connectivity index (χ1v) is 8.77. The molecule has 0 unspecified atom stereocenters.